The van der Waals surface area contributed by atoms with Crippen LogP contribution in [-0.4, -0.2) is 46.3 Å². The van der Waals surface area contributed by atoms with Crippen LogP contribution in [0.1, 0.15) is 5.56 Å². The number of benzene rings is 1. The first-order chi connectivity index (χ1) is 8.58. The summed E-state index contributed by atoms with van der Waals surface area (Å²) in [6.07, 6.45) is 0. The molecule has 1 aromatic rings. The highest BCUT2D eigenvalue weighted by Gasteiger charge is 2.12. The second-order valence-electron chi connectivity index (χ2n) is 3.76. The van der Waals surface area contributed by atoms with Gasteiger partial charge in [-0.05, 0) is 11.6 Å². The standard InChI is InChI=1S/C11H15ClN2O4/c12-11-2-1-10(14(17)18)7-9(11)8-13(3-5-15)4-6-16/h1-2,7,15-16H,3-6,8H2. The number of halogens is 1. The van der Waals surface area contributed by atoms with Crippen molar-refractivity contribution < 1.29 is 15.1 Å². The van der Waals surface area contributed by atoms with Crippen LogP contribution in [0.2, 0.25) is 5.02 Å². The fraction of sp³-hybridized carbons (Fsp3) is 0.455. The van der Waals surface area contributed by atoms with Crippen molar-refractivity contribution in [2.24, 2.45) is 0 Å². The minimum absolute atomic E-state index is 0.0256. The molecule has 18 heavy (non-hydrogen) atoms. The SMILES string of the molecule is O=[N+]([O-])c1ccc(Cl)c(CN(CCO)CCO)c1. The maximum atomic E-state index is 10.7. The molecule has 100 valence electrons. The van der Waals surface area contributed by atoms with Gasteiger partial charge in [0.1, 0.15) is 0 Å². The third-order valence-electron chi connectivity index (χ3n) is 2.47. The maximum Gasteiger partial charge on any atom is 0.269 e. The molecule has 0 heterocycles. The Labute approximate surface area is 110 Å². The first-order valence-electron chi connectivity index (χ1n) is 5.45. The van der Waals surface area contributed by atoms with Crippen molar-refractivity contribution in [3.8, 4) is 0 Å². The van der Waals surface area contributed by atoms with Crippen LogP contribution in [0.25, 0.3) is 0 Å². The fourth-order valence-electron chi connectivity index (χ4n) is 1.59. The number of nitro benzene ring substituents is 1. The van der Waals surface area contributed by atoms with E-state index in [-0.39, 0.29) is 18.9 Å². The molecule has 0 aliphatic rings. The predicted molar refractivity (Wildman–Crippen MR) is 67.6 cm³/mol. The number of aliphatic hydroxyl groups excluding tert-OH is 2. The first kappa shape index (κ1) is 14.8. The summed E-state index contributed by atoms with van der Waals surface area (Å²) in [6, 6.07) is 4.23. The molecule has 0 spiro atoms. The van der Waals surface area contributed by atoms with Crippen LogP contribution in [0.3, 0.4) is 0 Å². The van der Waals surface area contributed by atoms with E-state index in [2.05, 4.69) is 0 Å². The molecule has 0 aliphatic carbocycles. The van der Waals surface area contributed by atoms with Crippen LogP contribution < -0.4 is 0 Å². The lowest BCUT2D eigenvalue weighted by Gasteiger charge is -2.20. The van der Waals surface area contributed by atoms with Crippen molar-refractivity contribution in [2.75, 3.05) is 26.3 Å². The van der Waals surface area contributed by atoms with Crippen LogP contribution in [-0.2, 0) is 6.54 Å². The Morgan fingerprint density at radius 1 is 1.28 bits per heavy atom. The van der Waals surface area contributed by atoms with E-state index in [4.69, 9.17) is 21.8 Å². The molecule has 0 aromatic heterocycles. The summed E-state index contributed by atoms with van der Waals surface area (Å²) in [4.78, 5) is 12.0. The van der Waals surface area contributed by atoms with Gasteiger partial charge in [-0.2, -0.15) is 0 Å². The Morgan fingerprint density at radius 3 is 2.39 bits per heavy atom. The minimum Gasteiger partial charge on any atom is -0.395 e. The number of rotatable bonds is 7. The summed E-state index contributed by atoms with van der Waals surface area (Å²) < 4.78 is 0. The largest absolute Gasteiger partial charge is 0.395 e. The highest BCUT2D eigenvalue weighted by Crippen LogP contribution is 2.23. The maximum absolute atomic E-state index is 10.7. The summed E-state index contributed by atoms with van der Waals surface area (Å²) in [7, 11) is 0. The van der Waals surface area contributed by atoms with Crippen molar-refractivity contribution in [1.82, 2.24) is 4.90 Å². The zero-order valence-electron chi connectivity index (χ0n) is 9.75. The van der Waals surface area contributed by atoms with Gasteiger partial charge in [0, 0.05) is 36.8 Å². The van der Waals surface area contributed by atoms with Gasteiger partial charge in [-0.25, -0.2) is 0 Å². The van der Waals surface area contributed by atoms with E-state index in [0.717, 1.165) is 0 Å². The average molecular weight is 275 g/mol. The van der Waals surface area contributed by atoms with Crippen molar-refractivity contribution in [3.63, 3.8) is 0 Å². The van der Waals surface area contributed by atoms with Gasteiger partial charge < -0.3 is 10.2 Å². The molecule has 0 atom stereocenters. The molecule has 0 radical (unpaired) electrons. The van der Waals surface area contributed by atoms with Gasteiger partial charge in [-0.3, -0.25) is 15.0 Å². The molecule has 0 unspecified atom stereocenters. The normalized spacial score (nSPS) is 10.9. The van der Waals surface area contributed by atoms with Gasteiger partial charge in [0.15, 0.2) is 0 Å². The molecule has 1 rings (SSSR count). The Morgan fingerprint density at radius 2 is 1.89 bits per heavy atom. The smallest absolute Gasteiger partial charge is 0.269 e. The monoisotopic (exact) mass is 274 g/mol. The van der Waals surface area contributed by atoms with E-state index < -0.39 is 4.92 Å². The number of aliphatic hydroxyl groups is 2. The lowest BCUT2D eigenvalue weighted by Crippen LogP contribution is -2.29. The van der Waals surface area contributed by atoms with Crippen molar-refractivity contribution in [2.45, 2.75) is 6.54 Å². The molecule has 0 bridgehead atoms. The van der Waals surface area contributed by atoms with Crippen molar-refractivity contribution in [3.05, 3.63) is 38.9 Å². The number of hydrogen-bond donors (Lipinski definition) is 2. The van der Waals surface area contributed by atoms with Gasteiger partial charge in [-0.1, -0.05) is 11.6 Å². The highest BCUT2D eigenvalue weighted by atomic mass is 35.5. The summed E-state index contributed by atoms with van der Waals surface area (Å²) in [6.45, 7) is 1.000. The summed E-state index contributed by atoms with van der Waals surface area (Å²) in [5.74, 6) is 0. The molecule has 7 heteroatoms. The van der Waals surface area contributed by atoms with Crippen molar-refractivity contribution in [1.29, 1.82) is 0 Å². The molecule has 0 amide bonds. The number of nitro groups is 1. The Bertz CT molecular complexity index is 408. The molecule has 0 saturated carbocycles. The van der Waals surface area contributed by atoms with Gasteiger partial charge in [-0.15, -0.1) is 0 Å². The average Bonchev–Trinajstić information content (AvgIpc) is 2.32. The second kappa shape index (κ2) is 7.27. The van der Waals surface area contributed by atoms with E-state index in [1.165, 1.54) is 18.2 Å². The topological polar surface area (TPSA) is 86.8 Å². The van der Waals surface area contributed by atoms with E-state index in [1.807, 2.05) is 0 Å². The van der Waals surface area contributed by atoms with Gasteiger partial charge >= 0.3 is 0 Å². The molecule has 6 nitrogen and oxygen atoms in total. The third-order valence-corrected chi connectivity index (χ3v) is 2.84. The molecule has 0 aliphatic heterocycles. The quantitative estimate of drug-likeness (QED) is 0.573. The van der Waals surface area contributed by atoms with E-state index in [1.54, 1.807) is 4.90 Å². The first-order valence-corrected chi connectivity index (χ1v) is 5.83. The predicted octanol–water partition coefficient (Wildman–Crippen LogP) is 1.03. The minimum atomic E-state index is -0.484. The number of hydrogen-bond acceptors (Lipinski definition) is 5. The summed E-state index contributed by atoms with van der Waals surface area (Å²) >= 11 is 5.97. The molecular weight excluding hydrogens is 260 g/mol. The Kier molecular flexibility index (Phi) is 6.00. The Balaban J connectivity index is 2.86. The highest BCUT2D eigenvalue weighted by molar-refractivity contribution is 6.31. The van der Waals surface area contributed by atoms with Crippen LogP contribution in [0.4, 0.5) is 5.69 Å². The van der Waals surface area contributed by atoms with Crippen LogP contribution in [0.5, 0.6) is 0 Å². The van der Waals surface area contributed by atoms with Crippen LogP contribution in [0, 0.1) is 10.1 Å². The molecule has 0 fully saturated rings. The fourth-order valence-corrected chi connectivity index (χ4v) is 1.77. The lowest BCUT2D eigenvalue weighted by molar-refractivity contribution is -0.384. The lowest BCUT2D eigenvalue weighted by atomic mass is 10.2. The zero-order valence-corrected chi connectivity index (χ0v) is 10.5. The Hall–Kier alpha value is -1.21. The summed E-state index contributed by atoms with van der Waals surface area (Å²) in [5, 5.41) is 28.9. The second-order valence-corrected chi connectivity index (χ2v) is 4.16. The van der Waals surface area contributed by atoms with E-state index >= 15 is 0 Å². The van der Waals surface area contributed by atoms with Crippen LogP contribution in [0.15, 0.2) is 18.2 Å². The summed E-state index contributed by atoms with van der Waals surface area (Å²) in [5.41, 5.74) is 0.579. The molecule has 1 aromatic carbocycles. The van der Waals surface area contributed by atoms with Gasteiger partial charge in [0.05, 0.1) is 18.1 Å². The molecule has 0 saturated heterocycles. The van der Waals surface area contributed by atoms with E-state index in [0.29, 0.717) is 30.2 Å². The number of nitrogens with zero attached hydrogens (tertiary/aromatic N) is 2. The number of non-ortho nitro benzene ring substituents is 1. The molecular formula is C11H15ClN2O4. The zero-order chi connectivity index (χ0) is 13.5. The van der Waals surface area contributed by atoms with Crippen LogP contribution >= 0.6 is 11.6 Å². The van der Waals surface area contributed by atoms with E-state index in [9.17, 15) is 10.1 Å². The van der Waals surface area contributed by atoms with Crippen molar-refractivity contribution >= 4 is 17.3 Å². The van der Waals surface area contributed by atoms with Gasteiger partial charge in [0.2, 0.25) is 0 Å². The van der Waals surface area contributed by atoms with Gasteiger partial charge in [0.25, 0.3) is 5.69 Å². The molecule has 2 N–H and O–H groups in total. The third kappa shape index (κ3) is 4.23.